The van der Waals surface area contributed by atoms with Crippen LogP contribution < -0.4 is 0 Å². The lowest BCUT2D eigenvalue weighted by atomic mass is 10.0. The van der Waals surface area contributed by atoms with Crippen molar-refractivity contribution >= 4 is 23.0 Å². The van der Waals surface area contributed by atoms with Gasteiger partial charge in [-0.2, -0.15) is 11.3 Å². The second-order valence-corrected chi connectivity index (χ2v) is 5.34. The molecule has 3 nitrogen and oxygen atoms in total. The van der Waals surface area contributed by atoms with E-state index in [-0.39, 0.29) is 18.0 Å². The first-order valence-electron chi connectivity index (χ1n) is 5.62. The van der Waals surface area contributed by atoms with Crippen molar-refractivity contribution in [2.24, 2.45) is 0 Å². The molecular weight excluding hydrogens is 222 g/mol. The normalized spacial score (nSPS) is 28.5. The summed E-state index contributed by atoms with van der Waals surface area (Å²) in [6.45, 7) is 0. The Balaban J connectivity index is 1.86. The van der Waals surface area contributed by atoms with E-state index in [2.05, 4.69) is 0 Å². The molecule has 2 aliphatic rings. The fourth-order valence-corrected chi connectivity index (χ4v) is 3.47. The number of hydrogen-bond acceptors (Lipinski definition) is 3. The Bertz CT molecular complexity index is 410. The lowest BCUT2D eigenvalue weighted by molar-refractivity contribution is -0.122. The van der Waals surface area contributed by atoms with E-state index < -0.39 is 0 Å². The highest BCUT2D eigenvalue weighted by atomic mass is 32.1. The number of rotatable bonds is 1. The molecule has 0 spiro atoms. The second-order valence-electron chi connectivity index (χ2n) is 4.56. The van der Waals surface area contributed by atoms with Gasteiger partial charge in [0, 0.05) is 30.3 Å². The van der Waals surface area contributed by atoms with Crippen LogP contribution in [-0.2, 0) is 4.79 Å². The van der Waals surface area contributed by atoms with Crippen LogP contribution >= 0.6 is 11.3 Å². The Hall–Kier alpha value is -1.16. The van der Waals surface area contributed by atoms with Crippen molar-refractivity contribution in [3.05, 3.63) is 22.4 Å². The summed E-state index contributed by atoms with van der Waals surface area (Å²) in [5.74, 6) is 0.433. The first kappa shape index (κ1) is 10.0. The number of carbonyl (C=O) groups is 2. The number of carbonyl (C=O) groups excluding carboxylic acids is 2. The van der Waals surface area contributed by atoms with Crippen LogP contribution in [0.15, 0.2) is 16.8 Å². The number of ketones is 1. The van der Waals surface area contributed by atoms with Crippen LogP contribution in [0.2, 0.25) is 0 Å². The molecule has 3 heterocycles. The van der Waals surface area contributed by atoms with E-state index in [0.29, 0.717) is 18.6 Å². The summed E-state index contributed by atoms with van der Waals surface area (Å²) in [6.07, 6.45) is 3.11. The van der Waals surface area contributed by atoms with E-state index in [0.717, 1.165) is 18.4 Å². The summed E-state index contributed by atoms with van der Waals surface area (Å²) in [5.41, 5.74) is 0.774. The maximum Gasteiger partial charge on any atom is 0.255 e. The number of thiophene rings is 1. The minimum absolute atomic E-state index is 0.112. The fourth-order valence-electron chi connectivity index (χ4n) is 2.84. The average Bonchev–Trinajstić information content (AvgIpc) is 2.85. The third-order valence-corrected chi connectivity index (χ3v) is 4.23. The predicted octanol–water partition coefficient (Wildman–Crippen LogP) is 2.08. The molecule has 1 amide bonds. The van der Waals surface area contributed by atoms with Gasteiger partial charge in [-0.3, -0.25) is 9.59 Å². The smallest absolute Gasteiger partial charge is 0.255 e. The van der Waals surface area contributed by atoms with Gasteiger partial charge in [0.1, 0.15) is 5.78 Å². The topological polar surface area (TPSA) is 37.4 Å². The molecule has 2 unspecified atom stereocenters. The summed E-state index contributed by atoms with van der Waals surface area (Å²) < 4.78 is 0. The van der Waals surface area contributed by atoms with Crippen molar-refractivity contribution in [1.29, 1.82) is 0 Å². The molecule has 2 aliphatic heterocycles. The van der Waals surface area contributed by atoms with Gasteiger partial charge in [0.05, 0.1) is 5.56 Å². The molecule has 0 aliphatic carbocycles. The summed E-state index contributed by atoms with van der Waals surface area (Å²) in [5, 5.41) is 3.81. The Labute approximate surface area is 98.1 Å². The average molecular weight is 235 g/mol. The Kier molecular flexibility index (Phi) is 2.32. The SMILES string of the molecule is O=C1CC2CCC(C1)N2C(=O)c1ccsc1. The third-order valence-electron chi connectivity index (χ3n) is 3.55. The van der Waals surface area contributed by atoms with E-state index in [4.69, 9.17) is 0 Å². The lowest BCUT2D eigenvalue weighted by Crippen LogP contribution is -2.46. The number of amides is 1. The summed E-state index contributed by atoms with van der Waals surface area (Å²) >= 11 is 1.54. The van der Waals surface area contributed by atoms with Crippen LogP contribution in [0.3, 0.4) is 0 Å². The molecule has 84 valence electrons. The Morgan fingerprint density at radius 1 is 1.31 bits per heavy atom. The molecule has 2 saturated heterocycles. The summed E-state index contributed by atoms with van der Waals surface area (Å²) in [7, 11) is 0. The molecular formula is C12H13NO2S. The summed E-state index contributed by atoms with van der Waals surface area (Å²) in [4.78, 5) is 25.6. The molecule has 0 aromatic carbocycles. The first-order valence-corrected chi connectivity index (χ1v) is 6.56. The highest BCUT2D eigenvalue weighted by molar-refractivity contribution is 7.08. The van der Waals surface area contributed by atoms with Crippen molar-refractivity contribution in [2.45, 2.75) is 37.8 Å². The molecule has 0 N–H and O–H groups in total. The standard InChI is InChI=1S/C12H13NO2S/c14-11-5-9-1-2-10(6-11)13(9)12(15)8-3-4-16-7-8/h3-4,7,9-10H,1-2,5-6H2. The van der Waals surface area contributed by atoms with Crippen molar-refractivity contribution in [3.8, 4) is 0 Å². The van der Waals surface area contributed by atoms with Crippen LogP contribution in [0, 0.1) is 0 Å². The molecule has 1 aromatic heterocycles. The van der Waals surface area contributed by atoms with E-state index in [9.17, 15) is 9.59 Å². The zero-order valence-electron chi connectivity index (χ0n) is 8.89. The van der Waals surface area contributed by atoms with Crippen LogP contribution in [0.1, 0.15) is 36.0 Å². The van der Waals surface area contributed by atoms with Gasteiger partial charge in [-0.25, -0.2) is 0 Å². The Morgan fingerprint density at radius 2 is 2.00 bits per heavy atom. The van der Waals surface area contributed by atoms with E-state index in [1.807, 2.05) is 21.7 Å². The van der Waals surface area contributed by atoms with Crippen LogP contribution in [-0.4, -0.2) is 28.7 Å². The van der Waals surface area contributed by atoms with E-state index in [1.165, 1.54) is 0 Å². The van der Waals surface area contributed by atoms with E-state index >= 15 is 0 Å². The van der Waals surface area contributed by atoms with Gasteiger partial charge in [0.25, 0.3) is 5.91 Å². The van der Waals surface area contributed by atoms with Gasteiger partial charge in [-0.1, -0.05) is 0 Å². The largest absolute Gasteiger partial charge is 0.332 e. The molecule has 0 saturated carbocycles. The van der Waals surface area contributed by atoms with Gasteiger partial charge in [0.15, 0.2) is 0 Å². The zero-order chi connectivity index (χ0) is 11.1. The van der Waals surface area contributed by atoms with Gasteiger partial charge in [-0.15, -0.1) is 0 Å². The van der Waals surface area contributed by atoms with Gasteiger partial charge >= 0.3 is 0 Å². The van der Waals surface area contributed by atoms with E-state index in [1.54, 1.807) is 11.3 Å². The monoisotopic (exact) mass is 235 g/mol. The van der Waals surface area contributed by atoms with Gasteiger partial charge in [-0.05, 0) is 24.3 Å². The number of fused-ring (bicyclic) bond motifs is 2. The van der Waals surface area contributed by atoms with Crippen LogP contribution in [0.25, 0.3) is 0 Å². The highest BCUT2D eigenvalue weighted by Gasteiger charge is 2.42. The summed E-state index contributed by atoms with van der Waals surface area (Å²) in [6, 6.07) is 2.19. The predicted molar refractivity (Wildman–Crippen MR) is 61.5 cm³/mol. The molecule has 2 bridgehead atoms. The molecule has 2 atom stereocenters. The van der Waals surface area contributed by atoms with Crippen molar-refractivity contribution in [2.75, 3.05) is 0 Å². The number of hydrogen-bond donors (Lipinski definition) is 0. The molecule has 4 heteroatoms. The minimum Gasteiger partial charge on any atom is -0.332 e. The van der Waals surface area contributed by atoms with Crippen LogP contribution in [0.4, 0.5) is 0 Å². The minimum atomic E-state index is 0.112. The van der Waals surface area contributed by atoms with Crippen molar-refractivity contribution in [1.82, 2.24) is 4.90 Å². The number of Topliss-reactive ketones (excluding diaryl/α,β-unsaturated/α-hetero) is 1. The van der Waals surface area contributed by atoms with Crippen molar-refractivity contribution < 1.29 is 9.59 Å². The molecule has 2 fully saturated rings. The van der Waals surface area contributed by atoms with Crippen LogP contribution in [0.5, 0.6) is 0 Å². The number of nitrogens with zero attached hydrogens (tertiary/aromatic N) is 1. The lowest BCUT2D eigenvalue weighted by Gasteiger charge is -2.33. The van der Waals surface area contributed by atoms with Gasteiger partial charge < -0.3 is 4.90 Å². The highest BCUT2D eigenvalue weighted by Crippen LogP contribution is 2.35. The van der Waals surface area contributed by atoms with Crippen molar-refractivity contribution in [3.63, 3.8) is 0 Å². The first-order chi connectivity index (χ1) is 7.75. The Morgan fingerprint density at radius 3 is 2.56 bits per heavy atom. The number of piperidine rings is 1. The molecule has 3 rings (SSSR count). The third kappa shape index (κ3) is 1.48. The molecule has 1 aromatic rings. The van der Waals surface area contributed by atoms with Gasteiger partial charge in [0.2, 0.25) is 0 Å². The second kappa shape index (κ2) is 3.70. The molecule has 0 radical (unpaired) electrons. The zero-order valence-corrected chi connectivity index (χ0v) is 9.70. The maximum atomic E-state index is 12.2. The fraction of sp³-hybridized carbons (Fsp3) is 0.500. The maximum absolute atomic E-state index is 12.2. The quantitative estimate of drug-likeness (QED) is 0.747. The molecule has 16 heavy (non-hydrogen) atoms.